The molecule has 0 bridgehead atoms. The number of anilines is 1. The topological polar surface area (TPSA) is 46.9 Å². The first-order valence-corrected chi connectivity index (χ1v) is 6.20. The van der Waals surface area contributed by atoms with Gasteiger partial charge in [0.1, 0.15) is 11.5 Å². The maximum absolute atomic E-state index is 13.1. The van der Waals surface area contributed by atoms with Crippen molar-refractivity contribution in [2.45, 2.75) is 20.4 Å². The summed E-state index contributed by atoms with van der Waals surface area (Å²) >= 11 is 6.07. The van der Waals surface area contributed by atoms with E-state index in [0.717, 1.165) is 0 Å². The SMILES string of the molecule is CCn1nc(C)c(Cl)c1C(=O)Nc1cccc(F)c1. The van der Waals surface area contributed by atoms with Crippen molar-refractivity contribution in [1.29, 1.82) is 0 Å². The van der Waals surface area contributed by atoms with Crippen molar-refractivity contribution in [2.24, 2.45) is 0 Å². The molecule has 0 spiro atoms. The average molecular weight is 282 g/mol. The van der Waals surface area contributed by atoms with Gasteiger partial charge in [0.2, 0.25) is 0 Å². The Morgan fingerprint density at radius 3 is 2.89 bits per heavy atom. The Morgan fingerprint density at radius 2 is 2.26 bits per heavy atom. The van der Waals surface area contributed by atoms with Gasteiger partial charge in [-0.25, -0.2) is 4.39 Å². The maximum atomic E-state index is 13.1. The Balaban J connectivity index is 2.30. The van der Waals surface area contributed by atoms with E-state index in [4.69, 9.17) is 11.6 Å². The van der Waals surface area contributed by atoms with Gasteiger partial charge in [0.05, 0.1) is 10.7 Å². The molecule has 100 valence electrons. The normalized spacial score (nSPS) is 10.5. The van der Waals surface area contributed by atoms with Crippen molar-refractivity contribution in [3.63, 3.8) is 0 Å². The second-order valence-electron chi connectivity index (χ2n) is 4.03. The summed E-state index contributed by atoms with van der Waals surface area (Å²) in [5, 5.41) is 7.08. The summed E-state index contributed by atoms with van der Waals surface area (Å²) in [4.78, 5) is 12.2. The van der Waals surface area contributed by atoms with E-state index in [1.54, 1.807) is 13.0 Å². The number of halogens is 2. The molecule has 0 fully saturated rings. The zero-order valence-electron chi connectivity index (χ0n) is 10.6. The van der Waals surface area contributed by atoms with Crippen molar-refractivity contribution >= 4 is 23.2 Å². The number of nitrogens with one attached hydrogen (secondary N) is 1. The van der Waals surface area contributed by atoms with Gasteiger partial charge in [0.15, 0.2) is 0 Å². The van der Waals surface area contributed by atoms with E-state index in [-0.39, 0.29) is 5.69 Å². The molecule has 0 aliphatic rings. The molecule has 1 heterocycles. The first kappa shape index (κ1) is 13.5. The molecule has 0 aliphatic heterocycles. The van der Waals surface area contributed by atoms with Crippen molar-refractivity contribution in [2.75, 3.05) is 5.32 Å². The highest BCUT2D eigenvalue weighted by Crippen LogP contribution is 2.21. The van der Waals surface area contributed by atoms with Crippen LogP contribution >= 0.6 is 11.6 Å². The summed E-state index contributed by atoms with van der Waals surface area (Å²) in [6.07, 6.45) is 0. The molecule has 1 amide bonds. The van der Waals surface area contributed by atoms with Crippen LogP contribution in [-0.4, -0.2) is 15.7 Å². The molecule has 4 nitrogen and oxygen atoms in total. The van der Waals surface area contributed by atoms with Crippen LogP contribution in [0.1, 0.15) is 23.1 Å². The van der Waals surface area contributed by atoms with Crippen LogP contribution in [0.25, 0.3) is 0 Å². The molecule has 0 radical (unpaired) electrons. The lowest BCUT2D eigenvalue weighted by molar-refractivity contribution is 0.101. The van der Waals surface area contributed by atoms with E-state index >= 15 is 0 Å². The number of amides is 1. The fourth-order valence-corrected chi connectivity index (χ4v) is 1.98. The number of hydrogen-bond donors (Lipinski definition) is 1. The highest BCUT2D eigenvalue weighted by Gasteiger charge is 2.19. The van der Waals surface area contributed by atoms with Gasteiger partial charge in [-0.1, -0.05) is 17.7 Å². The van der Waals surface area contributed by atoms with Crippen LogP contribution in [0.5, 0.6) is 0 Å². The number of benzene rings is 1. The predicted octanol–water partition coefficient (Wildman–Crippen LogP) is 3.26. The average Bonchev–Trinajstić information content (AvgIpc) is 2.65. The summed E-state index contributed by atoms with van der Waals surface area (Å²) in [7, 11) is 0. The number of rotatable bonds is 3. The standard InChI is InChI=1S/C13H13ClFN3O/c1-3-18-12(11(14)8(2)17-18)13(19)16-10-6-4-5-9(15)7-10/h4-7H,3H2,1-2H3,(H,16,19). The third-order valence-electron chi connectivity index (χ3n) is 2.65. The van der Waals surface area contributed by atoms with Crippen LogP contribution in [-0.2, 0) is 6.54 Å². The van der Waals surface area contributed by atoms with Gasteiger partial charge in [-0.3, -0.25) is 9.48 Å². The zero-order chi connectivity index (χ0) is 14.0. The van der Waals surface area contributed by atoms with Crippen LogP contribution in [0.2, 0.25) is 5.02 Å². The lowest BCUT2D eigenvalue weighted by Gasteiger charge is -2.07. The summed E-state index contributed by atoms with van der Waals surface area (Å²) in [6.45, 7) is 4.12. The molecule has 1 N–H and O–H groups in total. The number of aromatic nitrogens is 2. The molecule has 6 heteroatoms. The third-order valence-corrected chi connectivity index (χ3v) is 3.10. The predicted molar refractivity (Wildman–Crippen MR) is 72.0 cm³/mol. The smallest absolute Gasteiger partial charge is 0.275 e. The molecule has 0 saturated carbocycles. The van der Waals surface area contributed by atoms with E-state index in [2.05, 4.69) is 10.4 Å². The van der Waals surface area contributed by atoms with Gasteiger partial charge in [-0.05, 0) is 32.0 Å². The lowest BCUT2D eigenvalue weighted by atomic mass is 10.3. The Morgan fingerprint density at radius 1 is 1.53 bits per heavy atom. The summed E-state index contributed by atoms with van der Waals surface area (Å²) < 4.78 is 14.6. The minimum atomic E-state index is -0.413. The van der Waals surface area contributed by atoms with Crippen molar-refractivity contribution < 1.29 is 9.18 Å². The van der Waals surface area contributed by atoms with Crippen molar-refractivity contribution in [3.05, 3.63) is 46.5 Å². The minimum absolute atomic E-state index is 0.283. The minimum Gasteiger partial charge on any atom is -0.321 e. The quantitative estimate of drug-likeness (QED) is 0.939. The Hall–Kier alpha value is -1.88. The molecular formula is C13H13ClFN3O. The number of aryl methyl sites for hydroxylation is 2. The van der Waals surface area contributed by atoms with Gasteiger partial charge in [-0.2, -0.15) is 5.10 Å². The number of nitrogens with zero attached hydrogens (tertiary/aromatic N) is 2. The Labute approximate surface area is 115 Å². The fourth-order valence-electron chi connectivity index (χ4n) is 1.76. The van der Waals surface area contributed by atoms with Crippen molar-refractivity contribution in [3.8, 4) is 0 Å². The number of carbonyl (C=O) groups excluding carboxylic acids is 1. The van der Waals surface area contributed by atoms with Crippen LogP contribution in [0, 0.1) is 12.7 Å². The van der Waals surface area contributed by atoms with E-state index in [1.165, 1.54) is 22.9 Å². The van der Waals surface area contributed by atoms with Gasteiger partial charge < -0.3 is 5.32 Å². The zero-order valence-corrected chi connectivity index (χ0v) is 11.3. The molecule has 0 aliphatic carbocycles. The first-order chi connectivity index (χ1) is 9.02. The molecule has 2 aromatic rings. The first-order valence-electron chi connectivity index (χ1n) is 5.82. The highest BCUT2D eigenvalue weighted by molar-refractivity contribution is 6.34. The molecule has 1 aromatic heterocycles. The molecule has 1 aromatic carbocycles. The van der Waals surface area contributed by atoms with E-state index in [1.807, 2.05) is 6.92 Å². The molecule has 0 unspecified atom stereocenters. The van der Waals surface area contributed by atoms with Gasteiger partial charge in [0, 0.05) is 12.2 Å². The van der Waals surface area contributed by atoms with Gasteiger partial charge in [-0.15, -0.1) is 0 Å². The molecule has 0 atom stereocenters. The third kappa shape index (κ3) is 2.76. The monoisotopic (exact) mass is 281 g/mol. The Kier molecular flexibility index (Phi) is 3.85. The summed E-state index contributed by atoms with van der Waals surface area (Å²) in [6, 6.07) is 5.68. The van der Waals surface area contributed by atoms with Crippen LogP contribution in [0.3, 0.4) is 0 Å². The molecule has 0 saturated heterocycles. The highest BCUT2D eigenvalue weighted by atomic mass is 35.5. The second kappa shape index (κ2) is 5.40. The van der Waals surface area contributed by atoms with Crippen LogP contribution in [0.4, 0.5) is 10.1 Å². The summed E-state index contributed by atoms with van der Waals surface area (Å²) in [5.41, 5.74) is 1.25. The largest absolute Gasteiger partial charge is 0.321 e. The lowest BCUT2D eigenvalue weighted by Crippen LogP contribution is -2.17. The van der Waals surface area contributed by atoms with Gasteiger partial charge >= 0.3 is 0 Å². The van der Waals surface area contributed by atoms with Crippen LogP contribution in [0.15, 0.2) is 24.3 Å². The molecule has 19 heavy (non-hydrogen) atoms. The second-order valence-corrected chi connectivity index (χ2v) is 4.41. The van der Waals surface area contributed by atoms with E-state index < -0.39 is 11.7 Å². The Bertz CT molecular complexity index is 624. The van der Waals surface area contributed by atoms with Crippen LogP contribution < -0.4 is 5.32 Å². The molecular weight excluding hydrogens is 269 g/mol. The van der Waals surface area contributed by atoms with Gasteiger partial charge in [0.25, 0.3) is 5.91 Å². The fraction of sp³-hybridized carbons (Fsp3) is 0.231. The van der Waals surface area contributed by atoms with E-state index in [9.17, 15) is 9.18 Å². The number of carbonyl (C=O) groups is 1. The maximum Gasteiger partial charge on any atom is 0.275 e. The number of hydrogen-bond acceptors (Lipinski definition) is 2. The molecule has 2 rings (SSSR count). The van der Waals surface area contributed by atoms with Crippen molar-refractivity contribution in [1.82, 2.24) is 9.78 Å². The van der Waals surface area contributed by atoms with E-state index in [0.29, 0.717) is 22.9 Å². The summed E-state index contributed by atoms with van der Waals surface area (Å²) in [5.74, 6) is -0.817.